The fourth-order valence-electron chi connectivity index (χ4n) is 3.22. The van der Waals surface area contributed by atoms with E-state index in [-0.39, 0.29) is 23.2 Å². The molecule has 0 radical (unpaired) electrons. The summed E-state index contributed by atoms with van der Waals surface area (Å²) in [6, 6.07) is 6.26. The van der Waals surface area contributed by atoms with Crippen molar-refractivity contribution in [1.29, 1.82) is 0 Å². The average molecular weight is 374 g/mol. The lowest BCUT2D eigenvalue weighted by Crippen LogP contribution is -2.53. The van der Waals surface area contributed by atoms with Gasteiger partial charge in [0, 0.05) is 32.7 Å². The van der Waals surface area contributed by atoms with Gasteiger partial charge in [-0.05, 0) is 31.9 Å². The number of aryl methyl sites for hydroxylation is 1. The number of amides is 1. The maximum Gasteiger partial charge on any atom is 0.243 e. The van der Waals surface area contributed by atoms with Gasteiger partial charge in [-0.3, -0.25) is 4.79 Å². The highest BCUT2D eigenvalue weighted by Gasteiger charge is 2.41. The van der Waals surface area contributed by atoms with E-state index in [1.807, 2.05) is 6.92 Å². The topological polar surface area (TPSA) is 69.7 Å². The van der Waals surface area contributed by atoms with E-state index in [0.717, 1.165) is 25.1 Å². The van der Waals surface area contributed by atoms with Gasteiger partial charge in [0.15, 0.2) is 0 Å². The fourth-order valence-corrected chi connectivity index (χ4v) is 4.87. The Morgan fingerprint density at radius 3 is 2.38 bits per heavy atom. The molecule has 2 saturated heterocycles. The SMILES string of the molecule is Cc1ccc(S(=O)(=O)N2CCCC2C(=O)N2CCNCC2)cc1.Cl. The van der Waals surface area contributed by atoms with Crippen LogP contribution in [0.4, 0.5) is 0 Å². The van der Waals surface area contributed by atoms with Crippen LogP contribution in [0.25, 0.3) is 0 Å². The molecule has 0 bridgehead atoms. The van der Waals surface area contributed by atoms with Gasteiger partial charge in [-0.1, -0.05) is 17.7 Å². The number of hydrogen-bond acceptors (Lipinski definition) is 4. The van der Waals surface area contributed by atoms with E-state index in [0.29, 0.717) is 26.1 Å². The molecule has 1 amide bonds. The van der Waals surface area contributed by atoms with Gasteiger partial charge in [0.25, 0.3) is 0 Å². The van der Waals surface area contributed by atoms with Crippen LogP contribution in [0.1, 0.15) is 18.4 Å². The molecule has 2 fully saturated rings. The molecule has 1 aromatic rings. The van der Waals surface area contributed by atoms with Crippen molar-refractivity contribution < 1.29 is 13.2 Å². The predicted molar refractivity (Wildman–Crippen MR) is 94.8 cm³/mol. The molecule has 0 aliphatic carbocycles. The van der Waals surface area contributed by atoms with Crippen molar-refractivity contribution >= 4 is 28.3 Å². The summed E-state index contributed by atoms with van der Waals surface area (Å²) in [7, 11) is -3.62. The standard InChI is InChI=1S/C16H23N3O3S.ClH/c1-13-4-6-14(7-5-13)23(21,22)19-10-2-3-15(19)16(20)18-11-8-17-9-12-18;/h4-7,15,17H,2-3,8-12H2,1H3;1H. The third-order valence-electron chi connectivity index (χ3n) is 4.54. The highest BCUT2D eigenvalue weighted by atomic mass is 35.5. The average Bonchev–Trinajstić information content (AvgIpc) is 3.06. The van der Waals surface area contributed by atoms with Crippen molar-refractivity contribution in [3.05, 3.63) is 29.8 Å². The molecule has 0 aromatic heterocycles. The Morgan fingerprint density at radius 2 is 1.75 bits per heavy atom. The Kier molecular flexibility index (Phi) is 6.25. The number of piperazine rings is 1. The first-order valence-electron chi connectivity index (χ1n) is 8.08. The predicted octanol–water partition coefficient (Wildman–Crippen LogP) is 1.00. The zero-order valence-corrected chi connectivity index (χ0v) is 15.4. The zero-order valence-electron chi connectivity index (χ0n) is 13.8. The number of carbonyl (C=O) groups excluding carboxylic acids is 1. The van der Waals surface area contributed by atoms with Crippen LogP contribution < -0.4 is 5.32 Å². The first kappa shape index (κ1) is 19.2. The lowest BCUT2D eigenvalue weighted by molar-refractivity contribution is -0.135. The minimum absolute atomic E-state index is 0. The number of benzene rings is 1. The van der Waals surface area contributed by atoms with Crippen LogP contribution in [0.2, 0.25) is 0 Å². The summed E-state index contributed by atoms with van der Waals surface area (Å²) >= 11 is 0. The molecule has 6 nitrogen and oxygen atoms in total. The maximum atomic E-state index is 12.9. The van der Waals surface area contributed by atoms with E-state index in [4.69, 9.17) is 0 Å². The molecule has 1 atom stereocenters. The molecule has 1 unspecified atom stereocenters. The molecular weight excluding hydrogens is 350 g/mol. The molecule has 1 aromatic carbocycles. The summed E-state index contributed by atoms with van der Waals surface area (Å²) in [5.41, 5.74) is 1.01. The van der Waals surface area contributed by atoms with E-state index in [2.05, 4.69) is 5.32 Å². The van der Waals surface area contributed by atoms with Gasteiger partial charge in [-0.2, -0.15) is 4.31 Å². The molecule has 3 rings (SSSR count). The molecule has 2 heterocycles. The molecule has 134 valence electrons. The van der Waals surface area contributed by atoms with Crippen LogP contribution in [-0.4, -0.2) is 62.3 Å². The first-order chi connectivity index (χ1) is 11.0. The molecule has 2 aliphatic heterocycles. The quantitative estimate of drug-likeness (QED) is 0.858. The highest BCUT2D eigenvalue weighted by molar-refractivity contribution is 7.89. The zero-order chi connectivity index (χ0) is 16.4. The number of halogens is 1. The van der Waals surface area contributed by atoms with Crippen LogP contribution in [0, 0.1) is 6.92 Å². The van der Waals surface area contributed by atoms with Crippen LogP contribution >= 0.6 is 12.4 Å². The molecule has 24 heavy (non-hydrogen) atoms. The molecule has 0 saturated carbocycles. The van der Waals surface area contributed by atoms with Crippen LogP contribution in [-0.2, 0) is 14.8 Å². The third kappa shape index (κ3) is 3.74. The number of sulfonamides is 1. The van der Waals surface area contributed by atoms with Crippen LogP contribution in [0.3, 0.4) is 0 Å². The lowest BCUT2D eigenvalue weighted by Gasteiger charge is -2.32. The second-order valence-electron chi connectivity index (χ2n) is 6.16. The highest BCUT2D eigenvalue weighted by Crippen LogP contribution is 2.27. The fraction of sp³-hybridized carbons (Fsp3) is 0.562. The molecule has 0 spiro atoms. The van der Waals surface area contributed by atoms with Gasteiger partial charge in [-0.15, -0.1) is 12.4 Å². The smallest absolute Gasteiger partial charge is 0.243 e. The second kappa shape index (κ2) is 7.82. The maximum absolute atomic E-state index is 12.9. The van der Waals surface area contributed by atoms with Crippen LogP contribution in [0.15, 0.2) is 29.2 Å². The van der Waals surface area contributed by atoms with Crippen molar-refractivity contribution in [2.24, 2.45) is 0 Å². The summed E-state index contributed by atoms with van der Waals surface area (Å²) < 4.78 is 27.2. The summed E-state index contributed by atoms with van der Waals surface area (Å²) in [4.78, 5) is 14.8. The van der Waals surface area contributed by atoms with Crippen molar-refractivity contribution in [2.75, 3.05) is 32.7 Å². The van der Waals surface area contributed by atoms with Gasteiger partial charge in [0.05, 0.1) is 4.90 Å². The Bertz CT molecular complexity index is 672. The third-order valence-corrected chi connectivity index (χ3v) is 6.47. The van der Waals surface area contributed by atoms with Crippen molar-refractivity contribution in [3.8, 4) is 0 Å². The summed E-state index contributed by atoms with van der Waals surface area (Å²) in [6.45, 7) is 5.16. The van der Waals surface area contributed by atoms with Crippen molar-refractivity contribution in [1.82, 2.24) is 14.5 Å². The van der Waals surface area contributed by atoms with E-state index in [1.165, 1.54) is 4.31 Å². The van der Waals surface area contributed by atoms with E-state index in [9.17, 15) is 13.2 Å². The number of nitrogens with zero attached hydrogens (tertiary/aromatic N) is 2. The summed E-state index contributed by atoms with van der Waals surface area (Å²) in [6.07, 6.45) is 1.33. The largest absolute Gasteiger partial charge is 0.339 e. The Hall–Kier alpha value is -1.15. The molecule has 8 heteroatoms. The van der Waals surface area contributed by atoms with Gasteiger partial charge in [-0.25, -0.2) is 8.42 Å². The van der Waals surface area contributed by atoms with Crippen molar-refractivity contribution in [3.63, 3.8) is 0 Å². The molecule has 1 N–H and O–H groups in total. The van der Waals surface area contributed by atoms with E-state index >= 15 is 0 Å². The number of carbonyl (C=O) groups is 1. The number of hydrogen-bond donors (Lipinski definition) is 1. The Morgan fingerprint density at radius 1 is 1.12 bits per heavy atom. The van der Waals surface area contributed by atoms with Gasteiger partial charge in [0.2, 0.25) is 15.9 Å². The number of rotatable bonds is 3. The summed E-state index contributed by atoms with van der Waals surface area (Å²) in [5, 5.41) is 3.21. The first-order valence-corrected chi connectivity index (χ1v) is 9.52. The minimum atomic E-state index is -3.62. The Balaban J connectivity index is 0.00000208. The normalized spacial score (nSPS) is 22.2. The molecular formula is C16H24ClN3O3S. The monoisotopic (exact) mass is 373 g/mol. The molecule has 2 aliphatic rings. The van der Waals surface area contributed by atoms with E-state index in [1.54, 1.807) is 29.2 Å². The Labute approximate surface area is 149 Å². The van der Waals surface area contributed by atoms with Crippen LogP contribution in [0.5, 0.6) is 0 Å². The van der Waals surface area contributed by atoms with Gasteiger partial charge in [0.1, 0.15) is 6.04 Å². The summed E-state index contributed by atoms with van der Waals surface area (Å²) in [5.74, 6) is -0.0558. The van der Waals surface area contributed by atoms with Gasteiger partial charge < -0.3 is 10.2 Å². The van der Waals surface area contributed by atoms with Crippen molar-refractivity contribution in [2.45, 2.75) is 30.7 Å². The van der Waals surface area contributed by atoms with E-state index < -0.39 is 16.1 Å². The van der Waals surface area contributed by atoms with Gasteiger partial charge >= 0.3 is 0 Å². The minimum Gasteiger partial charge on any atom is -0.339 e. The second-order valence-corrected chi connectivity index (χ2v) is 8.05. The lowest BCUT2D eigenvalue weighted by atomic mass is 10.2. The number of nitrogens with one attached hydrogen (secondary N) is 1.